The fraction of sp³-hybridized carbons (Fsp3) is 0.143. The largest absolute Gasteiger partial charge is 0.399 e. The lowest BCUT2D eigenvalue weighted by Gasteiger charge is -2.19. The van der Waals surface area contributed by atoms with E-state index in [1.54, 1.807) is 18.3 Å². The normalized spacial score (nSPS) is 9.78. The summed E-state index contributed by atoms with van der Waals surface area (Å²) >= 11 is 0. The van der Waals surface area contributed by atoms with E-state index >= 15 is 0 Å². The van der Waals surface area contributed by atoms with Crippen molar-refractivity contribution in [1.29, 1.82) is 5.26 Å². The molecule has 90 valence electrons. The number of nitrogens with zero attached hydrogens (tertiary/aromatic N) is 3. The maximum atomic E-state index is 8.87. The van der Waals surface area contributed by atoms with Crippen LogP contribution in [0.1, 0.15) is 11.3 Å². The maximum absolute atomic E-state index is 8.87. The zero-order valence-electron chi connectivity index (χ0n) is 10.2. The van der Waals surface area contributed by atoms with Crippen molar-refractivity contribution >= 4 is 11.4 Å². The predicted molar refractivity (Wildman–Crippen MR) is 71.9 cm³/mol. The number of rotatable bonds is 3. The van der Waals surface area contributed by atoms with E-state index in [1.165, 1.54) is 0 Å². The Morgan fingerprint density at radius 1 is 1.33 bits per heavy atom. The van der Waals surface area contributed by atoms with Crippen LogP contribution >= 0.6 is 0 Å². The van der Waals surface area contributed by atoms with E-state index in [9.17, 15) is 0 Å². The first-order valence-corrected chi connectivity index (χ1v) is 5.61. The van der Waals surface area contributed by atoms with Crippen LogP contribution in [-0.4, -0.2) is 12.0 Å². The van der Waals surface area contributed by atoms with Gasteiger partial charge >= 0.3 is 0 Å². The molecule has 2 rings (SSSR count). The number of hydrogen-bond acceptors (Lipinski definition) is 4. The summed E-state index contributed by atoms with van der Waals surface area (Å²) in [5.41, 5.74) is 8.96. The van der Waals surface area contributed by atoms with E-state index in [1.807, 2.05) is 36.2 Å². The summed E-state index contributed by atoms with van der Waals surface area (Å²) in [5, 5.41) is 8.87. The predicted octanol–water partition coefficient (Wildman–Crippen LogP) is 2.17. The molecule has 0 aliphatic carbocycles. The van der Waals surface area contributed by atoms with Crippen molar-refractivity contribution in [3.05, 3.63) is 53.9 Å². The minimum Gasteiger partial charge on any atom is -0.399 e. The van der Waals surface area contributed by atoms with Crippen LogP contribution < -0.4 is 10.6 Å². The van der Waals surface area contributed by atoms with E-state index in [2.05, 4.69) is 11.1 Å². The number of nitrogen functional groups attached to an aromatic ring is 1. The van der Waals surface area contributed by atoms with Gasteiger partial charge in [-0.15, -0.1) is 0 Å². The molecule has 2 aromatic rings. The number of nitriles is 1. The van der Waals surface area contributed by atoms with E-state index in [0.29, 0.717) is 17.8 Å². The highest BCUT2D eigenvalue weighted by Crippen LogP contribution is 2.16. The zero-order valence-corrected chi connectivity index (χ0v) is 10.2. The Hall–Kier alpha value is -2.54. The lowest BCUT2D eigenvalue weighted by atomic mass is 10.2. The minimum absolute atomic E-state index is 0.653. The van der Waals surface area contributed by atoms with Crippen LogP contribution in [0.5, 0.6) is 0 Å². The number of aromatic nitrogens is 1. The lowest BCUT2D eigenvalue weighted by molar-refractivity contribution is 0.885. The molecule has 4 heteroatoms. The molecule has 2 N–H and O–H groups in total. The van der Waals surface area contributed by atoms with Gasteiger partial charge in [-0.25, -0.2) is 0 Å². The summed E-state index contributed by atoms with van der Waals surface area (Å²) in [6, 6.07) is 13.2. The van der Waals surface area contributed by atoms with Gasteiger partial charge in [0.15, 0.2) is 0 Å². The Balaban J connectivity index is 2.17. The van der Waals surface area contributed by atoms with Gasteiger partial charge in [0.25, 0.3) is 0 Å². The van der Waals surface area contributed by atoms with Gasteiger partial charge < -0.3 is 10.6 Å². The van der Waals surface area contributed by atoms with Gasteiger partial charge in [0.1, 0.15) is 0 Å². The first-order chi connectivity index (χ1) is 8.69. The molecule has 18 heavy (non-hydrogen) atoms. The molecule has 0 bridgehead atoms. The van der Waals surface area contributed by atoms with Crippen molar-refractivity contribution in [2.45, 2.75) is 6.54 Å². The second-order valence-corrected chi connectivity index (χ2v) is 4.10. The van der Waals surface area contributed by atoms with Gasteiger partial charge in [0.05, 0.1) is 23.9 Å². The van der Waals surface area contributed by atoms with Crippen molar-refractivity contribution in [3.8, 4) is 6.07 Å². The standard InChI is InChI=1S/C14H14N4/c1-18(10-13-8-12(16)5-6-17-13)14-4-2-3-11(7-14)9-15/h2-8H,10H2,1H3,(H2,16,17). The minimum atomic E-state index is 0.653. The summed E-state index contributed by atoms with van der Waals surface area (Å²) in [6.45, 7) is 0.653. The van der Waals surface area contributed by atoms with Crippen LogP contribution in [0.2, 0.25) is 0 Å². The number of anilines is 2. The topological polar surface area (TPSA) is 65.9 Å². The average Bonchev–Trinajstić information content (AvgIpc) is 2.39. The van der Waals surface area contributed by atoms with Crippen LogP contribution in [0.4, 0.5) is 11.4 Å². The quantitative estimate of drug-likeness (QED) is 0.890. The molecule has 4 nitrogen and oxygen atoms in total. The Labute approximate surface area is 106 Å². The van der Waals surface area contributed by atoms with Gasteiger partial charge in [-0.3, -0.25) is 4.98 Å². The smallest absolute Gasteiger partial charge is 0.0992 e. The van der Waals surface area contributed by atoms with Gasteiger partial charge in [-0.1, -0.05) is 6.07 Å². The third-order valence-electron chi connectivity index (χ3n) is 2.66. The lowest BCUT2D eigenvalue weighted by Crippen LogP contribution is -2.17. The second kappa shape index (κ2) is 5.19. The number of pyridine rings is 1. The summed E-state index contributed by atoms with van der Waals surface area (Å²) < 4.78 is 0. The number of hydrogen-bond donors (Lipinski definition) is 1. The second-order valence-electron chi connectivity index (χ2n) is 4.10. The molecule has 0 aliphatic heterocycles. The third-order valence-corrected chi connectivity index (χ3v) is 2.66. The van der Waals surface area contributed by atoms with Crippen LogP contribution in [-0.2, 0) is 6.54 Å². The fourth-order valence-corrected chi connectivity index (χ4v) is 1.73. The first kappa shape index (κ1) is 11.9. The Bertz CT molecular complexity index is 586. The molecule has 1 aromatic heterocycles. The summed E-state index contributed by atoms with van der Waals surface area (Å²) in [5.74, 6) is 0. The SMILES string of the molecule is CN(Cc1cc(N)ccn1)c1cccc(C#N)c1. The molecule has 0 atom stereocenters. The van der Waals surface area contributed by atoms with Gasteiger partial charge in [0.2, 0.25) is 0 Å². The Morgan fingerprint density at radius 2 is 2.17 bits per heavy atom. The molecule has 1 aromatic carbocycles. The maximum Gasteiger partial charge on any atom is 0.0992 e. The molecule has 0 fully saturated rings. The van der Waals surface area contributed by atoms with Gasteiger partial charge in [-0.05, 0) is 30.3 Å². The van der Waals surface area contributed by atoms with Crippen LogP contribution in [0.3, 0.4) is 0 Å². The van der Waals surface area contributed by atoms with Gasteiger partial charge in [0, 0.05) is 24.6 Å². The van der Waals surface area contributed by atoms with Crippen molar-refractivity contribution in [1.82, 2.24) is 4.98 Å². The van der Waals surface area contributed by atoms with Crippen molar-refractivity contribution in [3.63, 3.8) is 0 Å². The van der Waals surface area contributed by atoms with E-state index in [-0.39, 0.29) is 0 Å². The molecule has 1 heterocycles. The van der Waals surface area contributed by atoms with E-state index in [4.69, 9.17) is 11.0 Å². The van der Waals surface area contributed by atoms with Crippen LogP contribution in [0.15, 0.2) is 42.6 Å². The van der Waals surface area contributed by atoms with Crippen LogP contribution in [0, 0.1) is 11.3 Å². The van der Waals surface area contributed by atoms with Crippen LogP contribution in [0.25, 0.3) is 0 Å². The Kier molecular flexibility index (Phi) is 3.44. The van der Waals surface area contributed by atoms with Crippen molar-refractivity contribution in [2.24, 2.45) is 0 Å². The fourth-order valence-electron chi connectivity index (χ4n) is 1.73. The molecule has 0 radical (unpaired) electrons. The highest BCUT2D eigenvalue weighted by molar-refractivity contribution is 5.51. The van der Waals surface area contributed by atoms with Gasteiger partial charge in [-0.2, -0.15) is 5.26 Å². The molecule has 0 unspecified atom stereocenters. The van der Waals surface area contributed by atoms with E-state index in [0.717, 1.165) is 11.4 Å². The highest BCUT2D eigenvalue weighted by Gasteiger charge is 2.04. The molecular weight excluding hydrogens is 224 g/mol. The summed E-state index contributed by atoms with van der Waals surface area (Å²) in [7, 11) is 1.96. The van der Waals surface area contributed by atoms with Crippen molar-refractivity contribution in [2.75, 3.05) is 17.7 Å². The zero-order chi connectivity index (χ0) is 13.0. The summed E-state index contributed by atoms with van der Waals surface area (Å²) in [6.07, 6.45) is 1.70. The third kappa shape index (κ3) is 2.77. The monoisotopic (exact) mass is 238 g/mol. The molecule has 0 spiro atoms. The van der Waals surface area contributed by atoms with E-state index < -0.39 is 0 Å². The molecule has 0 saturated carbocycles. The average molecular weight is 238 g/mol. The van der Waals surface area contributed by atoms with Crippen molar-refractivity contribution < 1.29 is 0 Å². The number of benzene rings is 1. The highest BCUT2D eigenvalue weighted by atomic mass is 15.1. The first-order valence-electron chi connectivity index (χ1n) is 5.61. The molecular formula is C14H14N4. The summed E-state index contributed by atoms with van der Waals surface area (Å²) in [4.78, 5) is 6.29. The number of nitrogens with two attached hydrogens (primary N) is 1. The Morgan fingerprint density at radius 3 is 2.89 bits per heavy atom. The molecule has 0 amide bonds. The molecule has 0 aliphatic rings. The molecule has 0 saturated heterocycles.